The fourth-order valence-electron chi connectivity index (χ4n) is 9.09. The molecule has 6 heteroatoms. The van der Waals surface area contributed by atoms with E-state index < -0.39 is 6.10 Å². The summed E-state index contributed by atoms with van der Waals surface area (Å²) < 4.78 is 16.9. The Hall–Kier alpha value is -2.63. The minimum Gasteiger partial charge on any atom is -0.462 e. The standard InChI is InChI=1S/C65H118O6/c1-4-7-10-13-16-19-22-25-28-31-32-35-37-40-43-46-49-52-55-58-64(67)70-61-62(71-65(68)59-56-53-50-47-44-41-38-34-30-27-24-21-18-15-12-9-6-3)60-69-63(66)57-54-51-48-45-42-39-36-33-29-26-23-20-17-14-11-8-5-2/h16,18-19,21,25,27-28,30,62H,4-15,17,20,22-24,26,29,31-61H2,1-3H3/b19-16-,21-18-,28-25-,30-27-/t62-/m1/s1. The van der Waals surface area contributed by atoms with Crippen molar-refractivity contribution >= 4 is 17.9 Å². The molecule has 0 radical (unpaired) electrons. The molecule has 0 saturated heterocycles. The molecule has 414 valence electrons. The number of carbonyl (C=O) groups is 3. The van der Waals surface area contributed by atoms with E-state index in [0.29, 0.717) is 19.3 Å². The third-order valence-corrected chi connectivity index (χ3v) is 13.8. The van der Waals surface area contributed by atoms with E-state index in [1.165, 1.54) is 212 Å². The van der Waals surface area contributed by atoms with E-state index in [1.807, 2.05) is 0 Å². The van der Waals surface area contributed by atoms with Crippen molar-refractivity contribution < 1.29 is 28.6 Å². The van der Waals surface area contributed by atoms with Crippen LogP contribution in [0.3, 0.4) is 0 Å². The van der Waals surface area contributed by atoms with Gasteiger partial charge < -0.3 is 14.2 Å². The highest BCUT2D eigenvalue weighted by molar-refractivity contribution is 5.71. The van der Waals surface area contributed by atoms with Crippen LogP contribution in [0.2, 0.25) is 0 Å². The summed E-state index contributed by atoms with van der Waals surface area (Å²) in [7, 11) is 0. The number of esters is 3. The Bertz CT molecular complexity index is 1230. The van der Waals surface area contributed by atoms with Gasteiger partial charge in [0.15, 0.2) is 6.10 Å². The number of hydrogen-bond acceptors (Lipinski definition) is 6. The number of allylic oxidation sites excluding steroid dienone is 8. The first kappa shape index (κ1) is 68.4. The number of carbonyl (C=O) groups excluding carboxylic acids is 3. The molecule has 0 amide bonds. The van der Waals surface area contributed by atoms with Crippen molar-refractivity contribution in [3.63, 3.8) is 0 Å². The first-order valence-electron chi connectivity index (χ1n) is 31.1. The molecule has 0 aliphatic heterocycles. The zero-order valence-corrected chi connectivity index (χ0v) is 47.5. The van der Waals surface area contributed by atoms with Gasteiger partial charge in [0.1, 0.15) is 13.2 Å². The van der Waals surface area contributed by atoms with Gasteiger partial charge in [-0.15, -0.1) is 0 Å². The fraction of sp³-hybridized carbons (Fsp3) is 0.831. The molecule has 0 aliphatic rings. The van der Waals surface area contributed by atoms with E-state index in [0.717, 1.165) is 77.0 Å². The van der Waals surface area contributed by atoms with Gasteiger partial charge in [0.2, 0.25) is 0 Å². The average molecular weight is 996 g/mol. The van der Waals surface area contributed by atoms with Crippen LogP contribution in [-0.4, -0.2) is 37.2 Å². The second kappa shape index (κ2) is 59.9. The second-order valence-electron chi connectivity index (χ2n) is 21.0. The van der Waals surface area contributed by atoms with Crippen LogP contribution in [0.15, 0.2) is 48.6 Å². The van der Waals surface area contributed by atoms with E-state index in [9.17, 15) is 14.4 Å². The lowest BCUT2D eigenvalue weighted by molar-refractivity contribution is -0.167. The Kier molecular flexibility index (Phi) is 57.7. The molecule has 0 aliphatic carbocycles. The molecule has 0 heterocycles. The summed E-state index contributed by atoms with van der Waals surface area (Å²) in [6.07, 6.45) is 73.9. The molecule has 71 heavy (non-hydrogen) atoms. The molecule has 6 nitrogen and oxygen atoms in total. The van der Waals surface area contributed by atoms with Gasteiger partial charge in [0, 0.05) is 19.3 Å². The van der Waals surface area contributed by atoms with Crippen molar-refractivity contribution in [2.75, 3.05) is 13.2 Å². The highest BCUT2D eigenvalue weighted by atomic mass is 16.6. The van der Waals surface area contributed by atoms with Crippen LogP contribution in [0.4, 0.5) is 0 Å². The molecular weight excluding hydrogens is 877 g/mol. The molecule has 0 unspecified atom stereocenters. The normalized spacial score (nSPS) is 12.3. The Labute approximate surface area is 441 Å². The van der Waals surface area contributed by atoms with Gasteiger partial charge in [-0.05, 0) is 83.5 Å². The average Bonchev–Trinajstić information content (AvgIpc) is 3.37. The minimum atomic E-state index is -0.778. The van der Waals surface area contributed by atoms with Crippen LogP contribution in [0, 0.1) is 0 Å². The third kappa shape index (κ3) is 58.1. The summed E-state index contributed by atoms with van der Waals surface area (Å²) in [5.41, 5.74) is 0. The van der Waals surface area contributed by atoms with Crippen LogP contribution in [-0.2, 0) is 28.6 Å². The molecule has 0 spiro atoms. The van der Waals surface area contributed by atoms with Crippen molar-refractivity contribution in [1.29, 1.82) is 0 Å². The summed E-state index contributed by atoms with van der Waals surface area (Å²) in [6, 6.07) is 0. The zero-order chi connectivity index (χ0) is 51.4. The van der Waals surface area contributed by atoms with Gasteiger partial charge in [-0.25, -0.2) is 0 Å². The summed E-state index contributed by atoms with van der Waals surface area (Å²) in [5.74, 6) is -0.866. The van der Waals surface area contributed by atoms with Crippen molar-refractivity contribution in [3.8, 4) is 0 Å². The van der Waals surface area contributed by atoms with Crippen LogP contribution < -0.4 is 0 Å². The largest absolute Gasteiger partial charge is 0.462 e. The Morgan fingerprint density at radius 3 is 0.803 bits per heavy atom. The van der Waals surface area contributed by atoms with E-state index >= 15 is 0 Å². The Morgan fingerprint density at radius 2 is 0.507 bits per heavy atom. The molecule has 0 aromatic rings. The molecule has 0 bridgehead atoms. The summed E-state index contributed by atoms with van der Waals surface area (Å²) >= 11 is 0. The summed E-state index contributed by atoms with van der Waals surface area (Å²) in [6.45, 7) is 6.63. The van der Waals surface area contributed by atoms with E-state index in [2.05, 4.69) is 69.4 Å². The van der Waals surface area contributed by atoms with Gasteiger partial charge in [-0.1, -0.05) is 275 Å². The maximum Gasteiger partial charge on any atom is 0.306 e. The van der Waals surface area contributed by atoms with Crippen molar-refractivity contribution in [1.82, 2.24) is 0 Å². The maximum atomic E-state index is 12.9. The minimum absolute atomic E-state index is 0.0741. The van der Waals surface area contributed by atoms with Crippen LogP contribution >= 0.6 is 0 Å². The number of ether oxygens (including phenoxy) is 3. The highest BCUT2D eigenvalue weighted by Crippen LogP contribution is 2.17. The van der Waals surface area contributed by atoms with Crippen molar-refractivity contribution in [3.05, 3.63) is 48.6 Å². The predicted molar refractivity (Wildman–Crippen MR) is 307 cm³/mol. The van der Waals surface area contributed by atoms with E-state index in [4.69, 9.17) is 14.2 Å². The fourth-order valence-corrected chi connectivity index (χ4v) is 9.09. The topological polar surface area (TPSA) is 78.9 Å². The van der Waals surface area contributed by atoms with Crippen molar-refractivity contribution in [2.24, 2.45) is 0 Å². The van der Waals surface area contributed by atoms with Gasteiger partial charge >= 0.3 is 17.9 Å². The quantitative estimate of drug-likeness (QED) is 0.0261. The second-order valence-corrected chi connectivity index (χ2v) is 21.0. The van der Waals surface area contributed by atoms with Gasteiger partial charge in [-0.2, -0.15) is 0 Å². The van der Waals surface area contributed by atoms with Crippen LogP contribution in [0.5, 0.6) is 0 Å². The molecule has 1 atom stereocenters. The lowest BCUT2D eigenvalue weighted by Crippen LogP contribution is -2.30. The number of hydrogen-bond donors (Lipinski definition) is 0. The number of unbranched alkanes of at least 4 members (excludes halogenated alkanes) is 38. The molecule has 0 rings (SSSR count). The lowest BCUT2D eigenvalue weighted by Gasteiger charge is -2.18. The monoisotopic (exact) mass is 995 g/mol. The Morgan fingerprint density at radius 1 is 0.282 bits per heavy atom. The molecule has 0 aromatic carbocycles. The highest BCUT2D eigenvalue weighted by Gasteiger charge is 2.19. The lowest BCUT2D eigenvalue weighted by atomic mass is 10.0. The molecular formula is C65H118O6. The van der Waals surface area contributed by atoms with E-state index in [1.54, 1.807) is 0 Å². The molecule has 0 aromatic heterocycles. The SMILES string of the molecule is CCCCC/C=C\C/C=C\CCCCCCCCCCCC(=O)OC[C@@H](COC(=O)CCCCCCCCCCCCCCCCCCC)OC(=O)CCCCCCCCC/C=C\C/C=C\CCCCC. The van der Waals surface area contributed by atoms with Crippen LogP contribution in [0.1, 0.15) is 329 Å². The van der Waals surface area contributed by atoms with Gasteiger partial charge in [0.05, 0.1) is 0 Å². The summed E-state index contributed by atoms with van der Waals surface area (Å²) in [4.78, 5) is 38.3. The first-order valence-corrected chi connectivity index (χ1v) is 31.1. The summed E-state index contributed by atoms with van der Waals surface area (Å²) in [5, 5.41) is 0. The molecule has 0 saturated carbocycles. The van der Waals surface area contributed by atoms with Crippen LogP contribution in [0.25, 0.3) is 0 Å². The third-order valence-electron chi connectivity index (χ3n) is 13.8. The van der Waals surface area contributed by atoms with E-state index in [-0.39, 0.29) is 31.1 Å². The predicted octanol–water partition coefficient (Wildman–Crippen LogP) is 21.0. The van der Waals surface area contributed by atoms with Gasteiger partial charge in [0.25, 0.3) is 0 Å². The van der Waals surface area contributed by atoms with Crippen molar-refractivity contribution in [2.45, 2.75) is 335 Å². The maximum absolute atomic E-state index is 12.9. The first-order chi connectivity index (χ1) is 35.0. The zero-order valence-electron chi connectivity index (χ0n) is 47.5. The molecule has 0 N–H and O–H groups in total. The van der Waals surface area contributed by atoms with Gasteiger partial charge in [-0.3, -0.25) is 14.4 Å². The smallest absolute Gasteiger partial charge is 0.306 e. The number of rotatable bonds is 57. The molecule has 0 fully saturated rings. The Balaban J connectivity index is 4.36.